The third-order valence-electron chi connectivity index (χ3n) is 3.12. The first-order chi connectivity index (χ1) is 9.56. The Kier molecular flexibility index (Phi) is 3.06. The van der Waals surface area contributed by atoms with E-state index in [1.807, 2.05) is 16.7 Å². The molecule has 0 bridgehead atoms. The third-order valence-corrected chi connectivity index (χ3v) is 3.30. The van der Waals surface area contributed by atoms with Gasteiger partial charge in [0, 0.05) is 17.3 Å². The van der Waals surface area contributed by atoms with Crippen molar-refractivity contribution in [1.82, 2.24) is 19.5 Å². The van der Waals surface area contributed by atoms with Crippen molar-refractivity contribution in [3.05, 3.63) is 41.4 Å². The third kappa shape index (κ3) is 2.10. The monoisotopic (exact) mass is 287 g/mol. The van der Waals surface area contributed by atoms with Crippen LogP contribution in [0.3, 0.4) is 0 Å². The number of aromatic nitrogens is 4. The van der Waals surface area contributed by atoms with Crippen molar-refractivity contribution >= 4 is 28.5 Å². The van der Waals surface area contributed by atoms with Crippen molar-refractivity contribution < 1.29 is 0 Å². The van der Waals surface area contributed by atoms with Gasteiger partial charge >= 0.3 is 0 Å². The van der Waals surface area contributed by atoms with E-state index in [2.05, 4.69) is 34.9 Å². The fourth-order valence-corrected chi connectivity index (χ4v) is 2.35. The molecule has 0 spiro atoms. The molecule has 3 aromatic rings. The fourth-order valence-electron chi connectivity index (χ4n) is 2.22. The van der Waals surface area contributed by atoms with Gasteiger partial charge in [0.1, 0.15) is 11.6 Å². The van der Waals surface area contributed by atoms with Gasteiger partial charge in [-0.05, 0) is 35.7 Å². The fraction of sp³-hybridized carbons (Fsp3) is 0.214. The van der Waals surface area contributed by atoms with Crippen LogP contribution < -0.4 is 5.73 Å². The smallest absolute Gasteiger partial charge is 0.224 e. The van der Waals surface area contributed by atoms with Gasteiger partial charge in [0.25, 0.3) is 0 Å². The lowest BCUT2D eigenvalue weighted by atomic mass is 10.1. The standard InChI is InChI=1S/C14H14ClN5/c1-8(2)10-6-9-7-17-14(15)19-13(9)20(10)12-5-3-4-11(16)18-12/h3-8H,1-2H3,(H2,16,18). The van der Waals surface area contributed by atoms with Crippen LogP contribution in [0.15, 0.2) is 30.5 Å². The Morgan fingerprint density at radius 2 is 2.05 bits per heavy atom. The van der Waals surface area contributed by atoms with Crippen molar-refractivity contribution in [2.75, 3.05) is 5.73 Å². The molecule has 0 saturated carbocycles. The summed E-state index contributed by atoms with van der Waals surface area (Å²) in [5.74, 6) is 1.52. The van der Waals surface area contributed by atoms with Gasteiger partial charge in [0.15, 0.2) is 5.65 Å². The van der Waals surface area contributed by atoms with Crippen LogP contribution in [-0.4, -0.2) is 19.5 Å². The highest BCUT2D eigenvalue weighted by atomic mass is 35.5. The Morgan fingerprint density at radius 1 is 1.25 bits per heavy atom. The average molecular weight is 288 g/mol. The second-order valence-corrected chi connectivity index (χ2v) is 5.24. The molecule has 0 fully saturated rings. The van der Waals surface area contributed by atoms with Crippen LogP contribution in [-0.2, 0) is 0 Å². The van der Waals surface area contributed by atoms with E-state index in [9.17, 15) is 0 Å². The van der Waals surface area contributed by atoms with Gasteiger partial charge in [-0.15, -0.1) is 0 Å². The highest BCUT2D eigenvalue weighted by Gasteiger charge is 2.16. The molecule has 0 amide bonds. The Labute approximate surface area is 121 Å². The molecule has 3 heterocycles. The molecule has 102 valence electrons. The van der Waals surface area contributed by atoms with Gasteiger partial charge in [-0.25, -0.2) is 9.97 Å². The molecule has 0 unspecified atom stereocenters. The second-order valence-electron chi connectivity index (χ2n) is 4.90. The number of rotatable bonds is 2. The van der Waals surface area contributed by atoms with Crippen LogP contribution >= 0.6 is 11.6 Å². The number of anilines is 1. The predicted molar refractivity (Wildman–Crippen MR) is 80.2 cm³/mol. The first-order valence-electron chi connectivity index (χ1n) is 6.33. The lowest BCUT2D eigenvalue weighted by molar-refractivity contribution is 0.784. The largest absolute Gasteiger partial charge is 0.384 e. The second kappa shape index (κ2) is 4.76. The summed E-state index contributed by atoms with van der Waals surface area (Å²) in [6.45, 7) is 4.23. The van der Waals surface area contributed by atoms with Crippen molar-refractivity contribution in [3.63, 3.8) is 0 Å². The van der Waals surface area contributed by atoms with Gasteiger partial charge < -0.3 is 5.73 Å². The van der Waals surface area contributed by atoms with E-state index < -0.39 is 0 Å². The van der Waals surface area contributed by atoms with E-state index in [1.165, 1.54) is 0 Å². The topological polar surface area (TPSA) is 69.6 Å². The van der Waals surface area contributed by atoms with Gasteiger partial charge in [-0.2, -0.15) is 4.98 Å². The number of fused-ring (bicyclic) bond motifs is 1. The Balaban J connectivity index is 2.36. The van der Waals surface area contributed by atoms with Crippen molar-refractivity contribution in [2.24, 2.45) is 0 Å². The molecule has 0 aliphatic heterocycles. The number of nitrogens with two attached hydrogens (primary N) is 1. The van der Waals surface area contributed by atoms with Crippen LogP contribution in [0.25, 0.3) is 16.9 Å². The summed E-state index contributed by atoms with van der Waals surface area (Å²) < 4.78 is 1.98. The average Bonchev–Trinajstić information content (AvgIpc) is 2.77. The molecule has 0 radical (unpaired) electrons. The lowest BCUT2D eigenvalue weighted by Gasteiger charge is -2.12. The molecule has 2 N–H and O–H groups in total. The zero-order chi connectivity index (χ0) is 14.3. The zero-order valence-corrected chi connectivity index (χ0v) is 12.0. The maximum Gasteiger partial charge on any atom is 0.224 e. The first kappa shape index (κ1) is 12.9. The van der Waals surface area contributed by atoms with E-state index >= 15 is 0 Å². The van der Waals surface area contributed by atoms with Crippen molar-refractivity contribution in [3.8, 4) is 5.82 Å². The summed E-state index contributed by atoms with van der Waals surface area (Å²) in [6.07, 6.45) is 1.72. The molecule has 6 heteroatoms. The van der Waals surface area contributed by atoms with Gasteiger partial charge in [0.2, 0.25) is 5.28 Å². The highest BCUT2D eigenvalue weighted by molar-refractivity contribution is 6.28. The molecule has 3 rings (SSSR count). The van der Waals surface area contributed by atoms with Crippen LogP contribution in [0.2, 0.25) is 5.28 Å². The zero-order valence-electron chi connectivity index (χ0n) is 11.2. The van der Waals surface area contributed by atoms with Crippen LogP contribution in [0.5, 0.6) is 0 Å². The summed E-state index contributed by atoms with van der Waals surface area (Å²) >= 11 is 5.92. The van der Waals surface area contributed by atoms with Crippen LogP contribution in [0, 0.1) is 0 Å². The molecule has 20 heavy (non-hydrogen) atoms. The van der Waals surface area contributed by atoms with E-state index in [0.29, 0.717) is 11.7 Å². The van der Waals surface area contributed by atoms with Crippen molar-refractivity contribution in [1.29, 1.82) is 0 Å². The molecule has 0 aliphatic carbocycles. The normalized spacial score (nSPS) is 11.4. The number of nitrogens with zero attached hydrogens (tertiary/aromatic N) is 4. The van der Waals surface area contributed by atoms with Crippen LogP contribution in [0.1, 0.15) is 25.5 Å². The Morgan fingerprint density at radius 3 is 2.75 bits per heavy atom. The molecular weight excluding hydrogens is 274 g/mol. The first-order valence-corrected chi connectivity index (χ1v) is 6.71. The summed E-state index contributed by atoms with van der Waals surface area (Å²) in [7, 11) is 0. The van der Waals surface area contributed by atoms with Gasteiger partial charge in [-0.3, -0.25) is 4.57 Å². The number of hydrogen-bond acceptors (Lipinski definition) is 4. The van der Waals surface area contributed by atoms with Gasteiger partial charge in [-0.1, -0.05) is 19.9 Å². The molecule has 0 atom stereocenters. The molecule has 5 nitrogen and oxygen atoms in total. The number of pyridine rings is 1. The number of nitrogen functional groups attached to an aromatic ring is 1. The quantitative estimate of drug-likeness (QED) is 0.735. The van der Waals surface area contributed by atoms with Crippen molar-refractivity contribution in [2.45, 2.75) is 19.8 Å². The molecule has 0 aliphatic rings. The minimum Gasteiger partial charge on any atom is -0.384 e. The summed E-state index contributed by atoms with van der Waals surface area (Å²) in [5.41, 5.74) is 7.62. The van der Waals surface area contributed by atoms with Gasteiger partial charge in [0.05, 0.1) is 0 Å². The molecule has 0 aromatic carbocycles. The Bertz CT molecular complexity index is 778. The van der Waals surface area contributed by atoms with Crippen LogP contribution in [0.4, 0.5) is 5.82 Å². The summed E-state index contributed by atoms with van der Waals surface area (Å²) in [5, 5.41) is 1.15. The highest BCUT2D eigenvalue weighted by Crippen LogP contribution is 2.27. The molecule has 3 aromatic heterocycles. The SMILES string of the molecule is CC(C)c1cc2cnc(Cl)nc2n1-c1cccc(N)n1. The van der Waals surface area contributed by atoms with E-state index in [0.717, 1.165) is 22.5 Å². The number of halogens is 1. The minimum absolute atomic E-state index is 0.219. The predicted octanol–water partition coefficient (Wildman–Crippen LogP) is 3.17. The summed E-state index contributed by atoms with van der Waals surface area (Å²) in [6, 6.07) is 7.58. The minimum atomic E-state index is 0.219. The van der Waals surface area contributed by atoms with E-state index in [4.69, 9.17) is 17.3 Å². The Hall–Kier alpha value is -2.14. The maximum absolute atomic E-state index is 5.92. The number of hydrogen-bond donors (Lipinski definition) is 1. The van der Waals surface area contributed by atoms with E-state index in [1.54, 1.807) is 12.3 Å². The summed E-state index contributed by atoms with van der Waals surface area (Å²) in [4.78, 5) is 12.7. The molecule has 0 saturated heterocycles. The van der Waals surface area contributed by atoms with E-state index in [-0.39, 0.29) is 5.28 Å². The maximum atomic E-state index is 5.92. The molecular formula is C14H14ClN5. The lowest BCUT2D eigenvalue weighted by Crippen LogP contribution is -2.06.